The summed E-state index contributed by atoms with van der Waals surface area (Å²) >= 11 is 9.65. The molecule has 4 nitrogen and oxygen atoms in total. The topological polar surface area (TPSA) is 47.8 Å². The summed E-state index contributed by atoms with van der Waals surface area (Å²) in [6.07, 6.45) is 0. The van der Waals surface area contributed by atoms with Crippen LogP contribution in [0.2, 0.25) is 0 Å². The van der Waals surface area contributed by atoms with Gasteiger partial charge in [0.25, 0.3) is 0 Å². The fraction of sp³-hybridized carbons (Fsp3) is 0.300. The van der Waals surface area contributed by atoms with Gasteiger partial charge in [0, 0.05) is 12.6 Å². The van der Waals surface area contributed by atoms with Gasteiger partial charge >= 0.3 is 0 Å². The molecule has 2 rings (SSSR count). The summed E-state index contributed by atoms with van der Waals surface area (Å²) in [4.78, 5) is 12.0. The van der Waals surface area contributed by atoms with Gasteiger partial charge in [0.2, 0.25) is 0 Å². The van der Waals surface area contributed by atoms with Gasteiger partial charge in [-0.05, 0) is 44.8 Å². The molecule has 0 unspecified atom stereocenters. The Labute approximate surface area is 129 Å². The second-order valence-electron chi connectivity index (χ2n) is 3.54. The molecule has 0 amide bonds. The molecule has 8 heteroatoms. The van der Waals surface area contributed by atoms with E-state index in [-0.39, 0.29) is 5.78 Å². The number of Topliss-reactive ketones (excluding diaryl/α,β-unsaturated/α-hetero) is 1. The van der Waals surface area contributed by atoms with Gasteiger partial charge in [-0.25, -0.2) is 0 Å². The molecule has 2 heterocycles. The number of aryl methyl sites for hydroxylation is 1. The zero-order chi connectivity index (χ0) is 13.3. The van der Waals surface area contributed by atoms with Gasteiger partial charge < -0.3 is 4.57 Å². The first-order valence-corrected chi connectivity index (χ1v) is 8.34. The average Bonchev–Trinajstić information content (AvgIpc) is 2.81. The Morgan fingerprint density at radius 3 is 2.72 bits per heavy atom. The third-order valence-electron chi connectivity index (χ3n) is 2.34. The Kier molecular flexibility index (Phi) is 4.63. The van der Waals surface area contributed by atoms with Gasteiger partial charge in [-0.15, -0.1) is 21.5 Å². The van der Waals surface area contributed by atoms with Gasteiger partial charge in [0.1, 0.15) is 5.82 Å². The first-order valence-electron chi connectivity index (χ1n) is 4.96. The van der Waals surface area contributed by atoms with Crippen molar-refractivity contribution in [2.24, 2.45) is 7.05 Å². The van der Waals surface area contributed by atoms with E-state index >= 15 is 0 Å². The van der Waals surface area contributed by atoms with Crippen molar-refractivity contribution in [2.75, 3.05) is 5.75 Å². The number of hydrogen-bond acceptors (Lipinski definition) is 5. The van der Waals surface area contributed by atoms with Crippen LogP contribution in [0.4, 0.5) is 0 Å². The van der Waals surface area contributed by atoms with E-state index < -0.39 is 0 Å². The molecule has 96 valence electrons. The molecule has 0 aliphatic heterocycles. The summed E-state index contributed by atoms with van der Waals surface area (Å²) in [7, 11) is 1.89. The van der Waals surface area contributed by atoms with Crippen LogP contribution >= 0.6 is 55.0 Å². The fourth-order valence-electron chi connectivity index (χ4n) is 1.25. The predicted octanol–water partition coefficient (Wildman–Crippen LogP) is 3.69. The number of thiophene rings is 1. The van der Waals surface area contributed by atoms with Gasteiger partial charge in [0.15, 0.2) is 10.9 Å². The Hall–Kier alpha value is -0.180. The van der Waals surface area contributed by atoms with Crippen LogP contribution in [0, 0.1) is 6.92 Å². The minimum Gasteiger partial charge on any atom is -0.309 e. The van der Waals surface area contributed by atoms with E-state index in [1.165, 1.54) is 23.1 Å². The molecule has 0 atom stereocenters. The zero-order valence-electron chi connectivity index (χ0n) is 9.61. The zero-order valence-corrected chi connectivity index (χ0v) is 14.4. The number of carbonyl (C=O) groups is 1. The number of ketones is 1. The summed E-state index contributed by atoms with van der Waals surface area (Å²) in [5, 5.41) is 8.72. The largest absolute Gasteiger partial charge is 0.309 e. The number of rotatable bonds is 4. The number of carbonyl (C=O) groups excluding carboxylic acids is 1. The molecule has 0 bridgehead atoms. The lowest BCUT2D eigenvalue weighted by Crippen LogP contribution is -2.03. The van der Waals surface area contributed by atoms with E-state index in [0.29, 0.717) is 11.3 Å². The van der Waals surface area contributed by atoms with E-state index in [4.69, 9.17) is 0 Å². The van der Waals surface area contributed by atoms with Crippen molar-refractivity contribution >= 4 is 60.7 Å². The highest BCUT2D eigenvalue weighted by atomic mass is 79.9. The van der Waals surface area contributed by atoms with E-state index in [1.54, 1.807) is 0 Å². The van der Waals surface area contributed by atoms with Crippen molar-refractivity contribution in [3.63, 3.8) is 0 Å². The molecule has 0 saturated carbocycles. The minimum atomic E-state index is 0.0782. The van der Waals surface area contributed by atoms with Crippen LogP contribution in [0.25, 0.3) is 0 Å². The Bertz CT molecular complexity index is 594. The van der Waals surface area contributed by atoms with E-state index in [0.717, 1.165) is 18.6 Å². The number of hydrogen-bond donors (Lipinski definition) is 0. The highest BCUT2D eigenvalue weighted by Gasteiger charge is 2.15. The third kappa shape index (κ3) is 3.04. The molecular weight excluding hydrogens is 402 g/mol. The van der Waals surface area contributed by atoms with E-state index in [2.05, 4.69) is 42.1 Å². The predicted molar refractivity (Wildman–Crippen MR) is 80.5 cm³/mol. The fourth-order valence-corrected chi connectivity index (χ4v) is 4.95. The summed E-state index contributed by atoms with van der Waals surface area (Å²) in [5.74, 6) is 1.27. The molecule has 0 spiro atoms. The molecule has 0 radical (unpaired) electrons. The molecule has 0 aliphatic rings. The lowest BCUT2D eigenvalue weighted by atomic mass is 10.2. The summed E-state index contributed by atoms with van der Waals surface area (Å²) in [5.41, 5.74) is 0.707. The van der Waals surface area contributed by atoms with Crippen molar-refractivity contribution in [1.29, 1.82) is 0 Å². The van der Waals surface area contributed by atoms with Crippen LogP contribution in [0.1, 0.15) is 16.2 Å². The second-order valence-corrected chi connectivity index (χ2v) is 8.23. The molecule has 0 aromatic carbocycles. The monoisotopic (exact) mass is 409 g/mol. The Morgan fingerprint density at radius 2 is 2.22 bits per heavy atom. The Morgan fingerprint density at radius 1 is 1.50 bits per heavy atom. The van der Waals surface area contributed by atoms with Crippen LogP contribution in [-0.2, 0) is 7.05 Å². The normalized spacial score (nSPS) is 10.9. The maximum absolute atomic E-state index is 12.0. The smallest absolute Gasteiger partial charge is 0.191 e. The molecule has 0 fully saturated rings. The van der Waals surface area contributed by atoms with Gasteiger partial charge in [-0.2, -0.15) is 0 Å². The summed E-state index contributed by atoms with van der Waals surface area (Å²) < 4.78 is 3.67. The van der Waals surface area contributed by atoms with Crippen LogP contribution in [0.3, 0.4) is 0 Å². The molecule has 2 aromatic rings. The van der Waals surface area contributed by atoms with Crippen LogP contribution in [0.5, 0.6) is 0 Å². The lowest BCUT2D eigenvalue weighted by Gasteiger charge is -2.00. The maximum atomic E-state index is 12.0. The van der Waals surface area contributed by atoms with E-state index in [1.807, 2.05) is 24.6 Å². The van der Waals surface area contributed by atoms with Crippen molar-refractivity contribution in [3.8, 4) is 0 Å². The quantitative estimate of drug-likeness (QED) is 0.569. The van der Waals surface area contributed by atoms with Crippen LogP contribution in [-0.4, -0.2) is 26.3 Å². The molecule has 0 saturated heterocycles. The van der Waals surface area contributed by atoms with Gasteiger partial charge in [-0.1, -0.05) is 11.8 Å². The van der Waals surface area contributed by atoms with Gasteiger partial charge in [-0.3, -0.25) is 4.79 Å². The SMILES string of the molecule is Cc1nnc(SCC(=O)c2cc(Br)sc2Br)n1C. The molecule has 0 N–H and O–H groups in total. The number of halogens is 2. The van der Waals surface area contributed by atoms with E-state index in [9.17, 15) is 4.79 Å². The first-order chi connectivity index (χ1) is 8.49. The highest BCUT2D eigenvalue weighted by Crippen LogP contribution is 2.33. The summed E-state index contributed by atoms with van der Waals surface area (Å²) in [6.45, 7) is 1.88. The van der Waals surface area contributed by atoms with Crippen molar-refractivity contribution in [2.45, 2.75) is 12.1 Å². The molecule has 18 heavy (non-hydrogen) atoms. The molecular formula is C10H9Br2N3OS2. The van der Waals surface area contributed by atoms with Crippen LogP contribution in [0.15, 0.2) is 18.8 Å². The standard InChI is InChI=1S/C10H9Br2N3OS2/c1-5-13-14-10(15(5)2)17-4-7(16)6-3-8(11)18-9(6)12/h3H,4H2,1-2H3. The summed E-state index contributed by atoms with van der Waals surface area (Å²) in [6, 6.07) is 1.83. The number of nitrogens with zero attached hydrogens (tertiary/aromatic N) is 3. The maximum Gasteiger partial charge on any atom is 0.191 e. The van der Waals surface area contributed by atoms with Crippen molar-refractivity contribution in [1.82, 2.24) is 14.8 Å². The number of thioether (sulfide) groups is 1. The van der Waals surface area contributed by atoms with Crippen molar-refractivity contribution < 1.29 is 4.79 Å². The average molecular weight is 411 g/mol. The molecule has 2 aromatic heterocycles. The second kappa shape index (κ2) is 5.85. The van der Waals surface area contributed by atoms with Crippen molar-refractivity contribution in [3.05, 3.63) is 25.0 Å². The van der Waals surface area contributed by atoms with Gasteiger partial charge in [0.05, 0.1) is 13.3 Å². The minimum absolute atomic E-state index is 0.0782. The third-order valence-corrected chi connectivity index (χ3v) is 5.70. The molecule has 0 aliphatic carbocycles. The lowest BCUT2D eigenvalue weighted by molar-refractivity contribution is 0.102. The Balaban J connectivity index is 2.05. The van der Waals surface area contributed by atoms with Crippen LogP contribution < -0.4 is 0 Å². The first kappa shape index (κ1) is 14.2. The number of aromatic nitrogens is 3. The highest BCUT2D eigenvalue weighted by molar-refractivity contribution is 9.12.